The summed E-state index contributed by atoms with van der Waals surface area (Å²) in [5.41, 5.74) is 0. The SMILES string of the molecule is CN[C@@H](CC(=O)O)C(=O)CN(C)C1CCCCC1. The van der Waals surface area contributed by atoms with E-state index in [9.17, 15) is 9.59 Å². The van der Waals surface area contributed by atoms with Crippen LogP contribution < -0.4 is 5.32 Å². The lowest BCUT2D eigenvalue weighted by molar-refractivity contribution is -0.139. The molecule has 0 aliphatic heterocycles. The van der Waals surface area contributed by atoms with Gasteiger partial charge in [-0.3, -0.25) is 14.5 Å². The van der Waals surface area contributed by atoms with E-state index >= 15 is 0 Å². The van der Waals surface area contributed by atoms with E-state index in [4.69, 9.17) is 5.11 Å². The van der Waals surface area contributed by atoms with Crippen LogP contribution in [0.5, 0.6) is 0 Å². The van der Waals surface area contributed by atoms with Crippen LogP contribution in [0.25, 0.3) is 0 Å². The number of carbonyl (C=O) groups excluding carboxylic acids is 1. The van der Waals surface area contributed by atoms with Gasteiger partial charge in [-0.2, -0.15) is 0 Å². The predicted molar refractivity (Wildman–Crippen MR) is 69.6 cm³/mol. The van der Waals surface area contributed by atoms with Gasteiger partial charge in [0.1, 0.15) is 0 Å². The number of aliphatic carboxylic acids is 1. The standard InChI is InChI=1S/C13H24N2O3/c1-14-11(8-13(17)18)12(16)9-15(2)10-6-4-3-5-7-10/h10-11,14H,3-9H2,1-2H3,(H,17,18)/t11-/m0/s1. The summed E-state index contributed by atoms with van der Waals surface area (Å²) in [6.45, 7) is 0.337. The molecule has 0 aromatic carbocycles. The third kappa shape index (κ3) is 4.74. The Balaban J connectivity index is 2.43. The fraction of sp³-hybridized carbons (Fsp3) is 0.846. The lowest BCUT2D eigenvalue weighted by Gasteiger charge is -2.31. The maximum absolute atomic E-state index is 12.0. The van der Waals surface area contributed by atoms with E-state index in [0.717, 1.165) is 12.8 Å². The van der Waals surface area contributed by atoms with Crippen LogP contribution in [0.3, 0.4) is 0 Å². The van der Waals surface area contributed by atoms with Gasteiger partial charge < -0.3 is 10.4 Å². The fourth-order valence-electron chi connectivity index (χ4n) is 2.56. The van der Waals surface area contributed by atoms with Crippen molar-refractivity contribution in [2.24, 2.45) is 0 Å². The molecule has 1 aliphatic carbocycles. The summed E-state index contributed by atoms with van der Waals surface area (Å²) in [5.74, 6) is -0.976. The zero-order chi connectivity index (χ0) is 13.5. The lowest BCUT2D eigenvalue weighted by atomic mass is 9.94. The smallest absolute Gasteiger partial charge is 0.305 e. The summed E-state index contributed by atoms with van der Waals surface area (Å²) >= 11 is 0. The Hall–Kier alpha value is -0.940. The van der Waals surface area contributed by atoms with Crippen molar-refractivity contribution in [2.75, 3.05) is 20.6 Å². The first-order chi connectivity index (χ1) is 8.54. The van der Waals surface area contributed by atoms with Crippen molar-refractivity contribution in [1.29, 1.82) is 0 Å². The third-order valence-corrected chi connectivity index (χ3v) is 3.72. The van der Waals surface area contributed by atoms with Crippen LogP contribution in [0.4, 0.5) is 0 Å². The number of nitrogens with one attached hydrogen (secondary N) is 1. The number of likely N-dealkylation sites (N-methyl/N-ethyl adjacent to an activating group) is 2. The number of nitrogens with zero attached hydrogens (tertiary/aromatic N) is 1. The van der Waals surface area contributed by atoms with E-state index in [1.54, 1.807) is 7.05 Å². The molecule has 0 radical (unpaired) electrons. The first kappa shape index (κ1) is 15.1. The van der Waals surface area contributed by atoms with Gasteiger partial charge >= 0.3 is 5.97 Å². The number of Topliss-reactive ketones (excluding diaryl/α,β-unsaturated/α-hetero) is 1. The van der Waals surface area contributed by atoms with Gasteiger partial charge in [0.05, 0.1) is 19.0 Å². The minimum Gasteiger partial charge on any atom is -0.481 e. The van der Waals surface area contributed by atoms with E-state index in [2.05, 4.69) is 10.2 Å². The molecule has 1 saturated carbocycles. The summed E-state index contributed by atoms with van der Waals surface area (Å²) in [6, 6.07) is -0.0985. The summed E-state index contributed by atoms with van der Waals surface area (Å²) < 4.78 is 0. The van der Waals surface area contributed by atoms with Crippen LogP contribution in [0.2, 0.25) is 0 Å². The molecule has 1 aliphatic rings. The second-order valence-corrected chi connectivity index (χ2v) is 5.11. The van der Waals surface area contributed by atoms with E-state index in [1.165, 1.54) is 19.3 Å². The second-order valence-electron chi connectivity index (χ2n) is 5.11. The van der Waals surface area contributed by atoms with Crippen LogP contribution in [0.15, 0.2) is 0 Å². The topological polar surface area (TPSA) is 69.6 Å². The highest BCUT2D eigenvalue weighted by atomic mass is 16.4. The molecule has 1 fully saturated rings. The van der Waals surface area contributed by atoms with Crippen molar-refractivity contribution >= 4 is 11.8 Å². The Labute approximate surface area is 109 Å². The van der Waals surface area contributed by atoms with Gasteiger partial charge in [-0.1, -0.05) is 19.3 Å². The zero-order valence-corrected chi connectivity index (χ0v) is 11.3. The Bertz CT molecular complexity index is 288. The largest absolute Gasteiger partial charge is 0.481 e. The van der Waals surface area contributed by atoms with Crippen molar-refractivity contribution in [2.45, 2.75) is 50.6 Å². The van der Waals surface area contributed by atoms with E-state index in [0.29, 0.717) is 12.6 Å². The molecule has 5 heteroatoms. The summed E-state index contributed by atoms with van der Waals surface area (Å²) in [4.78, 5) is 24.7. The molecule has 104 valence electrons. The molecule has 0 unspecified atom stereocenters. The van der Waals surface area contributed by atoms with Crippen LogP contribution >= 0.6 is 0 Å². The van der Waals surface area contributed by atoms with Gasteiger partial charge in [0.2, 0.25) is 0 Å². The van der Waals surface area contributed by atoms with Gasteiger partial charge in [0.25, 0.3) is 0 Å². The number of carboxylic acids is 1. The minimum atomic E-state index is -0.942. The number of rotatable bonds is 7. The summed E-state index contributed by atoms with van der Waals surface area (Å²) in [7, 11) is 3.59. The number of carboxylic acid groups (broad SMARTS) is 1. The van der Waals surface area contributed by atoms with E-state index < -0.39 is 12.0 Å². The van der Waals surface area contributed by atoms with Gasteiger partial charge in [0.15, 0.2) is 5.78 Å². The normalized spacial score (nSPS) is 18.8. The van der Waals surface area contributed by atoms with Crippen molar-refractivity contribution < 1.29 is 14.7 Å². The van der Waals surface area contributed by atoms with Crippen LogP contribution in [-0.4, -0.2) is 54.5 Å². The maximum atomic E-state index is 12.0. The first-order valence-corrected chi connectivity index (χ1v) is 6.66. The predicted octanol–water partition coefficient (Wildman–Crippen LogP) is 0.883. The molecule has 0 aromatic heterocycles. The van der Waals surface area contributed by atoms with E-state index in [1.807, 2.05) is 7.05 Å². The summed E-state index contributed by atoms with van der Waals surface area (Å²) in [6.07, 6.45) is 5.89. The Morgan fingerprint density at radius 2 is 1.94 bits per heavy atom. The highest BCUT2D eigenvalue weighted by Crippen LogP contribution is 2.21. The lowest BCUT2D eigenvalue weighted by Crippen LogP contribution is -2.45. The van der Waals surface area contributed by atoms with Crippen molar-refractivity contribution in [1.82, 2.24) is 10.2 Å². The van der Waals surface area contributed by atoms with Gasteiger partial charge in [-0.05, 0) is 26.9 Å². The Kier molecular flexibility index (Phi) is 6.29. The minimum absolute atomic E-state index is 0.0343. The molecule has 0 bridgehead atoms. The average molecular weight is 256 g/mol. The molecule has 2 N–H and O–H groups in total. The van der Waals surface area contributed by atoms with Crippen molar-refractivity contribution in [3.05, 3.63) is 0 Å². The van der Waals surface area contributed by atoms with Gasteiger partial charge in [-0.25, -0.2) is 0 Å². The number of ketones is 1. The fourth-order valence-corrected chi connectivity index (χ4v) is 2.56. The molecule has 1 rings (SSSR count). The average Bonchev–Trinajstić information content (AvgIpc) is 2.36. The maximum Gasteiger partial charge on any atom is 0.305 e. The summed E-state index contributed by atoms with van der Waals surface area (Å²) in [5, 5.41) is 11.5. The van der Waals surface area contributed by atoms with E-state index in [-0.39, 0.29) is 12.2 Å². The van der Waals surface area contributed by atoms with Crippen LogP contribution in [0.1, 0.15) is 38.5 Å². The molecule has 1 atom stereocenters. The number of hydrogen-bond donors (Lipinski definition) is 2. The van der Waals surface area contributed by atoms with Crippen LogP contribution in [0, 0.1) is 0 Å². The second kappa shape index (κ2) is 7.48. The van der Waals surface area contributed by atoms with Crippen LogP contribution in [-0.2, 0) is 9.59 Å². The van der Waals surface area contributed by atoms with Gasteiger partial charge in [-0.15, -0.1) is 0 Å². The molecule has 0 heterocycles. The molecule has 0 saturated heterocycles. The highest BCUT2D eigenvalue weighted by Gasteiger charge is 2.24. The number of carbonyl (C=O) groups is 2. The molecule has 18 heavy (non-hydrogen) atoms. The Morgan fingerprint density at radius 3 is 2.44 bits per heavy atom. The Morgan fingerprint density at radius 1 is 1.33 bits per heavy atom. The van der Waals surface area contributed by atoms with Gasteiger partial charge in [0, 0.05) is 6.04 Å². The molecule has 5 nitrogen and oxygen atoms in total. The highest BCUT2D eigenvalue weighted by molar-refractivity contribution is 5.89. The molecular weight excluding hydrogens is 232 g/mol. The van der Waals surface area contributed by atoms with Crippen molar-refractivity contribution in [3.63, 3.8) is 0 Å². The first-order valence-electron chi connectivity index (χ1n) is 6.66. The molecule has 0 aromatic rings. The zero-order valence-electron chi connectivity index (χ0n) is 11.3. The molecular formula is C13H24N2O3. The monoisotopic (exact) mass is 256 g/mol. The van der Waals surface area contributed by atoms with Crippen molar-refractivity contribution in [3.8, 4) is 0 Å². The molecule has 0 spiro atoms. The third-order valence-electron chi connectivity index (χ3n) is 3.72. The number of hydrogen-bond acceptors (Lipinski definition) is 4. The quantitative estimate of drug-likeness (QED) is 0.707. The molecule has 0 amide bonds.